The summed E-state index contributed by atoms with van der Waals surface area (Å²) in [5.41, 5.74) is 0. The number of ether oxygens (including phenoxy) is 1. The number of hydrogen-bond acceptors (Lipinski definition) is 6. The Morgan fingerprint density at radius 3 is 3.11 bits per heavy atom. The molecular weight excluding hydrogens is 248 g/mol. The van der Waals surface area contributed by atoms with E-state index in [1.807, 2.05) is 0 Å². The monoisotopic (exact) mass is 270 g/mol. The summed E-state index contributed by atoms with van der Waals surface area (Å²) in [5.74, 6) is 0.823. The maximum atomic E-state index is 5.77. The molecule has 2 heterocycles. The first kappa shape index (κ1) is 13.7. The van der Waals surface area contributed by atoms with Gasteiger partial charge in [-0.3, -0.25) is 4.90 Å². The lowest BCUT2D eigenvalue weighted by Crippen LogP contribution is -2.42. The van der Waals surface area contributed by atoms with E-state index in [4.69, 9.17) is 4.74 Å². The zero-order chi connectivity index (χ0) is 13.0. The lowest BCUT2D eigenvalue weighted by molar-refractivity contribution is -0.0437. The Morgan fingerprint density at radius 2 is 2.39 bits per heavy atom. The van der Waals surface area contributed by atoms with Crippen LogP contribution >= 0.6 is 11.5 Å². The number of nitrogens with zero attached hydrogens (tertiary/aromatic N) is 3. The number of morpholine rings is 1. The Kier molecular flexibility index (Phi) is 4.91. The third-order valence-electron chi connectivity index (χ3n) is 3.08. The summed E-state index contributed by atoms with van der Waals surface area (Å²) in [5, 5.41) is 4.16. The standard InChI is InChI=1S/C12H22N4OS/c1-4-5-13-12-14-11(15-18-12)10-8-16(9(2)3)6-7-17-10/h9-10H,4-8H2,1-3H3,(H,13,14,15). The Balaban J connectivity index is 1.95. The summed E-state index contributed by atoms with van der Waals surface area (Å²) in [7, 11) is 0. The fourth-order valence-electron chi connectivity index (χ4n) is 1.96. The largest absolute Gasteiger partial charge is 0.367 e. The van der Waals surface area contributed by atoms with Crippen molar-refractivity contribution in [3.05, 3.63) is 5.82 Å². The van der Waals surface area contributed by atoms with Gasteiger partial charge in [0.25, 0.3) is 0 Å². The topological polar surface area (TPSA) is 50.3 Å². The van der Waals surface area contributed by atoms with Crippen molar-refractivity contribution in [2.45, 2.75) is 39.3 Å². The van der Waals surface area contributed by atoms with Crippen LogP contribution in [0.1, 0.15) is 39.1 Å². The molecule has 0 aromatic carbocycles. The van der Waals surface area contributed by atoms with E-state index < -0.39 is 0 Å². The maximum Gasteiger partial charge on any atom is 0.202 e. The van der Waals surface area contributed by atoms with Gasteiger partial charge in [-0.05, 0) is 20.3 Å². The van der Waals surface area contributed by atoms with Crippen LogP contribution in [0.15, 0.2) is 0 Å². The van der Waals surface area contributed by atoms with Gasteiger partial charge in [0.1, 0.15) is 6.10 Å². The fraction of sp³-hybridized carbons (Fsp3) is 0.833. The Hall–Kier alpha value is -0.720. The van der Waals surface area contributed by atoms with E-state index in [2.05, 4.69) is 40.3 Å². The molecule has 0 bridgehead atoms. The van der Waals surface area contributed by atoms with E-state index in [1.54, 1.807) is 0 Å². The maximum absolute atomic E-state index is 5.77. The van der Waals surface area contributed by atoms with Crippen molar-refractivity contribution in [1.29, 1.82) is 0 Å². The van der Waals surface area contributed by atoms with Crippen LogP contribution in [0.25, 0.3) is 0 Å². The average molecular weight is 270 g/mol. The van der Waals surface area contributed by atoms with Gasteiger partial charge >= 0.3 is 0 Å². The number of aromatic nitrogens is 2. The number of anilines is 1. The molecule has 5 nitrogen and oxygen atoms in total. The summed E-state index contributed by atoms with van der Waals surface area (Å²) in [6, 6.07) is 0.549. The molecule has 1 N–H and O–H groups in total. The van der Waals surface area contributed by atoms with Gasteiger partial charge in [-0.15, -0.1) is 0 Å². The molecular formula is C12H22N4OS. The van der Waals surface area contributed by atoms with Crippen molar-refractivity contribution in [3.8, 4) is 0 Å². The summed E-state index contributed by atoms with van der Waals surface area (Å²) in [6.07, 6.45) is 1.12. The molecule has 6 heteroatoms. The number of hydrogen-bond donors (Lipinski definition) is 1. The highest BCUT2D eigenvalue weighted by Crippen LogP contribution is 2.24. The van der Waals surface area contributed by atoms with Gasteiger partial charge in [0.05, 0.1) is 6.61 Å². The predicted octanol–water partition coefficient (Wildman–Crippen LogP) is 2.14. The molecule has 102 valence electrons. The molecule has 1 atom stereocenters. The normalized spacial score (nSPS) is 21.4. The molecule has 0 aliphatic carbocycles. The smallest absolute Gasteiger partial charge is 0.202 e. The molecule has 1 unspecified atom stereocenters. The van der Waals surface area contributed by atoms with Crippen molar-refractivity contribution in [3.63, 3.8) is 0 Å². The highest BCUT2D eigenvalue weighted by molar-refractivity contribution is 7.09. The first-order chi connectivity index (χ1) is 8.70. The van der Waals surface area contributed by atoms with E-state index in [1.165, 1.54) is 11.5 Å². The number of nitrogens with one attached hydrogen (secondary N) is 1. The van der Waals surface area contributed by atoms with E-state index in [9.17, 15) is 0 Å². The molecule has 0 spiro atoms. The molecule has 0 amide bonds. The fourth-order valence-corrected chi connectivity index (χ4v) is 2.60. The minimum Gasteiger partial charge on any atom is -0.367 e. The summed E-state index contributed by atoms with van der Waals surface area (Å²) >= 11 is 1.42. The molecule has 0 radical (unpaired) electrons. The van der Waals surface area contributed by atoms with Crippen LogP contribution in [-0.4, -0.2) is 46.5 Å². The van der Waals surface area contributed by atoms with Crippen LogP contribution in [0.5, 0.6) is 0 Å². The first-order valence-corrected chi connectivity index (χ1v) is 7.41. The molecule has 1 aromatic rings. The van der Waals surface area contributed by atoms with Crippen LogP contribution in [0.3, 0.4) is 0 Å². The van der Waals surface area contributed by atoms with Crippen LogP contribution < -0.4 is 5.32 Å². The SMILES string of the molecule is CCCNc1nc(C2CN(C(C)C)CCO2)ns1. The van der Waals surface area contributed by atoms with Gasteiger partial charge < -0.3 is 10.1 Å². The minimum absolute atomic E-state index is 0.0228. The molecule has 1 aromatic heterocycles. The zero-order valence-corrected chi connectivity index (χ0v) is 12.2. The second-order valence-electron chi connectivity index (χ2n) is 4.83. The third-order valence-corrected chi connectivity index (χ3v) is 3.77. The van der Waals surface area contributed by atoms with Gasteiger partial charge in [0, 0.05) is 37.2 Å². The first-order valence-electron chi connectivity index (χ1n) is 6.63. The van der Waals surface area contributed by atoms with E-state index in [0.717, 1.165) is 43.6 Å². The Bertz CT molecular complexity index is 369. The van der Waals surface area contributed by atoms with Crippen molar-refractivity contribution < 1.29 is 4.74 Å². The summed E-state index contributed by atoms with van der Waals surface area (Å²) in [4.78, 5) is 6.92. The van der Waals surface area contributed by atoms with Crippen LogP contribution in [0, 0.1) is 0 Å². The quantitative estimate of drug-likeness (QED) is 0.888. The minimum atomic E-state index is 0.0228. The van der Waals surface area contributed by atoms with Crippen molar-refractivity contribution >= 4 is 16.7 Å². The second kappa shape index (κ2) is 6.45. The average Bonchev–Trinajstić information content (AvgIpc) is 2.85. The molecule has 1 aliphatic rings. The molecule has 1 saturated heterocycles. The van der Waals surface area contributed by atoms with E-state index >= 15 is 0 Å². The second-order valence-corrected chi connectivity index (χ2v) is 5.58. The van der Waals surface area contributed by atoms with Gasteiger partial charge in [-0.2, -0.15) is 4.37 Å². The highest BCUT2D eigenvalue weighted by atomic mass is 32.1. The molecule has 18 heavy (non-hydrogen) atoms. The summed E-state index contributed by atoms with van der Waals surface area (Å²) in [6.45, 7) is 10.2. The van der Waals surface area contributed by atoms with Crippen LogP contribution in [-0.2, 0) is 4.74 Å². The number of rotatable bonds is 5. The lowest BCUT2D eigenvalue weighted by atomic mass is 10.2. The van der Waals surface area contributed by atoms with Gasteiger partial charge in [0.15, 0.2) is 5.82 Å². The lowest BCUT2D eigenvalue weighted by Gasteiger charge is -2.34. The predicted molar refractivity (Wildman–Crippen MR) is 74.1 cm³/mol. The van der Waals surface area contributed by atoms with E-state index in [0.29, 0.717) is 6.04 Å². The summed E-state index contributed by atoms with van der Waals surface area (Å²) < 4.78 is 10.2. The van der Waals surface area contributed by atoms with Gasteiger partial charge in [0.2, 0.25) is 5.13 Å². The van der Waals surface area contributed by atoms with Gasteiger partial charge in [-0.1, -0.05) is 6.92 Å². The molecule has 0 saturated carbocycles. The Morgan fingerprint density at radius 1 is 1.56 bits per heavy atom. The van der Waals surface area contributed by atoms with Crippen molar-refractivity contribution in [1.82, 2.24) is 14.3 Å². The molecule has 2 rings (SSSR count). The van der Waals surface area contributed by atoms with Crippen molar-refractivity contribution in [2.75, 3.05) is 31.6 Å². The molecule has 1 fully saturated rings. The van der Waals surface area contributed by atoms with Gasteiger partial charge in [-0.25, -0.2) is 4.98 Å². The zero-order valence-electron chi connectivity index (χ0n) is 11.3. The third kappa shape index (κ3) is 3.40. The van der Waals surface area contributed by atoms with E-state index in [-0.39, 0.29) is 6.10 Å². The Labute approximate surface area is 113 Å². The highest BCUT2D eigenvalue weighted by Gasteiger charge is 2.26. The van der Waals surface area contributed by atoms with Crippen LogP contribution in [0.2, 0.25) is 0 Å². The van der Waals surface area contributed by atoms with Crippen molar-refractivity contribution in [2.24, 2.45) is 0 Å². The van der Waals surface area contributed by atoms with Crippen LogP contribution in [0.4, 0.5) is 5.13 Å². The molecule has 1 aliphatic heterocycles.